The van der Waals surface area contributed by atoms with Crippen molar-refractivity contribution in [1.29, 1.82) is 0 Å². The second kappa shape index (κ2) is 8.14. The third-order valence-electron chi connectivity index (χ3n) is 4.67. The summed E-state index contributed by atoms with van der Waals surface area (Å²) in [5.74, 6) is -0.960. The maximum absolute atomic E-state index is 13.4. The molecule has 0 aliphatic rings. The highest BCUT2D eigenvalue weighted by Gasteiger charge is 2.22. The first kappa shape index (κ1) is 20.1. The molecule has 1 atom stereocenters. The van der Waals surface area contributed by atoms with Crippen molar-refractivity contribution in [3.8, 4) is 0 Å². The van der Waals surface area contributed by atoms with Crippen LogP contribution in [0.4, 0.5) is 4.39 Å². The second-order valence-corrected chi connectivity index (χ2v) is 8.86. The van der Waals surface area contributed by atoms with Crippen molar-refractivity contribution in [2.24, 2.45) is 0 Å². The summed E-state index contributed by atoms with van der Waals surface area (Å²) in [4.78, 5) is 12.4. The van der Waals surface area contributed by atoms with Gasteiger partial charge in [0.1, 0.15) is 12.4 Å². The maximum Gasteiger partial charge on any atom is 0.240 e. The predicted molar refractivity (Wildman–Crippen MR) is 107 cm³/mol. The lowest BCUT2D eigenvalue weighted by molar-refractivity contribution is -0.122. The topological polar surface area (TPSA) is 68.2 Å². The van der Waals surface area contributed by atoms with Crippen molar-refractivity contribution in [2.45, 2.75) is 43.5 Å². The van der Waals surface area contributed by atoms with Gasteiger partial charge < -0.3 is 9.88 Å². The lowest BCUT2D eigenvalue weighted by Crippen LogP contribution is -2.34. The molecular weight excluding hydrogens is 379 g/mol. The second-order valence-electron chi connectivity index (χ2n) is 6.90. The highest BCUT2D eigenvalue weighted by Crippen LogP contribution is 2.28. The Morgan fingerprint density at radius 2 is 1.93 bits per heavy atom. The Morgan fingerprint density at radius 3 is 2.64 bits per heavy atom. The van der Waals surface area contributed by atoms with Crippen molar-refractivity contribution in [3.63, 3.8) is 0 Å². The number of para-hydroxylation sites is 1. The third kappa shape index (κ3) is 4.42. The largest absolute Gasteiger partial charge is 0.352 e. The van der Waals surface area contributed by atoms with Gasteiger partial charge in [0.2, 0.25) is 5.91 Å². The number of benzene rings is 2. The molecule has 3 aromatic rings. The summed E-state index contributed by atoms with van der Waals surface area (Å²) in [6.45, 7) is 3.92. The molecule has 0 saturated heterocycles. The number of rotatable bonds is 7. The third-order valence-corrected chi connectivity index (χ3v) is 6.38. The van der Waals surface area contributed by atoms with Crippen LogP contribution in [0.3, 0.4) is 0 Å². The lowest BCUT2D eigenvalue weighted by atomic mass is 10.2. The van der Waals surface area contributed by atoms with Crippen LogP contribution in [0.1, 0.15) is 25.8 Å². The summed E-state index contributed by atoms with van der Waals surface area (Å²) in [5, 5.41) is 3.44. The van der Waals surface area contributed by atoms with E-state index in [1.807, 2.05) is 13.8 Å². The highest BCUT2D eigenvalue weighted by molar-refractivity contribution is 7.90. The summed E-state index contributed by atoms with van der Waals surface area (Å²) in [6, 6.07) is 12.7. The Hall–Kier alpha value is -2.67. The van der Waals surface area contributed by atoms with E-state index in [1.54, 1.807) is 34.9 Å². The molecule has 0 fully saturated rings. The Labute approximate surface area is 164 Å². The molecule has 1 heterocycles. The maximum atomic E-state index is 13.4. The number of nitrogens with one attached hydrogen (secondary N) is 1. The van der Waals surface area contributed by atoms with Gasteiger partial charge in [-0.25, -0.2) is 12.8 Å². The van der Waals surface area contributed by atoms with Crippen LogP contribution in [-0.2, 0) is 26.9 Å². The summed E-state index contributed by atoms with van der Waals surface area (Å²) in [5.41, 5.74) is 1.05. The fourth-order valence-electron chi connectivity index (χ4n) is 3.09. The van der Waals surface area contributed by atoms with Crippen LogP contribution < -0.4 is 5.32 Å². The molecule has 148 valence electrons. The quantitative estimate of drug-likeness (QED) is 0.656. The minimum atomic E-state index is -3.72. The van der Waals surface area contributed by atoms with Crippen LogP contribution in [0.5, 0.6) is 0 Å². The van der Waals surface area contributed by atoms with Crippen LogP contribution in [-0.4, -0.2) is 24.9 Å². The van der Waals surface area contributed by atoms with Gasteiger partial charge in [0.25, 0.3) is 0 Å². The van der Waals surface area contributed by atoms with Gasteiger partial charge in [0.05, 0.1) is 10.6 Å². The smallest absolute Gasteiger partial charge is 0.240 e. The average molecular weight is 402 g/mol. The predicted octanol–water partition coefficient (Wildman–Crippen LogP) is 3.67. The van der Waals surface area contributed by atoms with Crippen molar-refractivity contribution >= 4 is 26.6 Å². The first-order chi connectivity index (χ1) is 13.3. The molecule has 1 aromatic heterocycles. The van der Waals surface area contributed by atoms with Gasteiger partial charge in [-0.15, -0.1) is 0 Å². The molecule has 28 heavy (non-hydrogen) atoms. The highest BCUT2D eigenvalue weighted by atomic mass is 32.2. The molecule has 0 radical (unpaired) electrons. The van der Waals surface area contributed by atoms with Gasteiger partial charge in [0, 0.05) is 23.1 Å². The van der Waals surface area contributed by atoms with Gasteiger partial charge in [-0.1, -0.05) is 37.3 Å². The number of fused-ring (bicyclic) bond motifs is 1. The monoisotopic (exact) mass is 402 g/mol. The molecule has 0 saturated carbocycles. The number of carbonyl (C=O) groups is 1. The molecule has 1 unspecified atom stereocenters. The van der Waals surface area contributed by atoms with Crippen LogP contribution in [0.2, 0.25) is 0 Å². The number of hydrogen-bond donors (Lipinski definition) is 1. The molecule has 0 aliphatic carbocycles. The summed E-state index contributed by atoms with van der Waals surface area (Å²) >= 11 is 0. The van der Waals surface area contributed by atoms with E-state index >= 15 is 0 Å². The lowest BCUT2D eigenvalue weighted by Gasteiger charge is -2.12. The van der Waals surface area contributed by atoms with Gasteiger partial charge in [-0.2, -0.15) is 0 Å². The molecule has 0 spiro atoms. The van der Waals surface area contributed by atoms with E-state index in [4.69, 9.17) is 0 Å². The van der Waals surface area contributed by atoms with Gasteiger partial charge in [0.15, 0.2) is 9.84 Å². The van der Waals surface area contributed by atoms with Crippen molar-refractivity contribution < 1.29 is 17.6 Å². The van der Waals surface area contributed by atoms with E-state index in [1.165, 1.54) is 24.4 Å². The zero-order valence-corrected chi connectivity index (χ0v) is 16.7. The van der Waals surface area contributed by atoms with Crippen LogP contribution in [0, 0.1) is 5.82 Å². The fourth-order valence-corrected chi connectivity index (χ4v) is 4.66. The molecule has 0 aliphatic heterocycles. The Bertz CT molecular complexity index is 1110. The van der Waals surface area contributed by atoms with E-state index in [-0.39, 0.29) is 29.1 Å². The van der Waals surface area contributed by atoms with Crippen molar-refractivity contribution in [2.75, 3.05) is 0 Å². The zero-order valence-electron chi connectivity index (χ0n) is 15.9. The number of sulfone groups is 1. The minimum Gasteiger partial charge on any atom is -0.352 e. The van der Waals surface area contributed by atoms with E-state index in [9.17, 15) is 17.6 Å². The summed E-state index contributed by atoms with van der Waals surface area (Å²) in [6.07, 6.45) is 2.31. The molecule has 1 N–H and O–H groups in total. The molecular formula is C21H23FN2O3S. The van der Waals surface area contributed by atoms with E-state index < -0.39 is 15.7 Å². The van der Waals surface area contributed by atoms with E-state index in [0.717, 1.165) is 6.42 Å². The Balaban J connectivity index is 1.96. The molecule has 0 bridgehead atoms. The molecule has 3 rings (SSSR count). The molecule has 2 aromatic carbocycles. The average Bonchev–Trinajstić information content (AvgIpc) is 3.01. The first-order valence-corrected chi connectivity index (χ1v) is 10.8. The number of hydrogen-bond acceptors (Lipinski definition) is 3. The number of nitrogens with zero attached hydrogens (tertiary/aromatic N) is 1. The molecule has 1 amide bonds. The van der Waals surface area contributed by atoms with Crippen molar-refractivity contribution in [1.82, 2.24) is 9.88 Å². The van der Waals surface area contributed by atoms with E-state index in [2.05, 4.69) is 5.32 Å². The molecule has 5 nitrogen and oxygen atoms in total. The van der Waals surface area contributed by atoms with Crippen LogP contribution in [0.15, 0.2) is 59.6 Å². The number of aromatic nitrogens is 1. The standard InChI is InChI=1S/C21H23FN2O3S/c1-3-15(2)23-21(25)13-24-12-20(18-9-4-5-10-19(18)24)28(26,27)14-16-7-6-8-17(22)11-16/h4-12,15H,3,13-14H2,1-2H3,(H,23,25). The fraction of sp³-hybridized carbons (Fsp3) is 0.286. The minimum absolute atomic E-state index is 0.0281. The SMILES string of the molecule is CCC(C)NC(=O)Cn1cc(S(=O)(=O)Cc2cccc(F)c2)c2ccccc21. The normalized spacial score (nSPS) is 12.8. The van der Waals surface area contributed by atoms with Crippen molar-refractivity contribution in [3.05, 3.63) is 66.1 Å². The zero-order chi connectivity index (χ0) is 20.3. The van der Waals surface area contributed by atoms with Gasteiger partial charge in [-0.05, 0) is 37.1 Å². The molecule has 7 heteroatoms. The summed E-state index contributed by atoms with van der Waals surface area (Å²) < 4.78 is 41.1. The number of carbonyl (C=O) groups excluding carboxylic acids is 1. The summed E-state index contributed by atoms with van der Waals surface area (Å²) in [7, 11) is -3.72. The number of halogens is 1. The van der Waals surface area contributed by atoms with Crippen LogP contribution >= 0.6 is 0 Å². The van der Waals surface area contributed by atoms with Gasteiger partial charge in [-0.3, -0.25) is 4.79 Å². The van der Waals surface area contributed by atoms with Crippen LogP contribution in [0.25, 0.3) is 10.9 Å². The first-order valence-electron chi connectivity index (χ1n) is 9.14. The Morgan fingerprint density at radius 1 is 1.18 bits per heavy atom. The van der Waals surface area contributed by atoms with E-state index in [0.29, 0.717) is 16.5 Å². The number of amides is 1. The van der Waals surface area contributed by atoms with Gasteiger partial charge >= 0.3 is 0 Å². The Kier molecular flexibility index (Phi) is 5.84.